The molecule has 0 aromatic heterocycles. The summed E-state index contributed by atoms with van der Waals surface area (Å²) >= 11 is 0. The predicted molar refractivity (Wildman–Crippen MR) is 247 cm³/mol. The van der Waals surface area contributed by atoms with Crippen LogP contribution < -0.4 is 0 Å². The van der Waals surface area contributed by atoms with Gasteiger partial charge in [0.2, 0.25) is 0 Å². The number of rotatable bonds is 42. The van der Waals surface area contributed by atoms with Gasteiger partial charge in [0, 0.05) is 19.3 Å². The second-order valence-corrected chi connectivity index (χ2v) is 15.6. The quantitative estimate of drug-likeness (QED) is 0.0264. The molecule has 0 radical (unpaired) electrons. The first kappa shape index (κ1) is 54.9. The maximum absolute atomic E-state index is 12.7. The Morgan fingerprint density at radius 2 is 0.690 bits per heavy atom. The van der Waals surface area contributed by atoms with Gasteiger partial charge in [0.1, 0.15) is 13.2 Å². The van der Waals surface area contributed by atoms with Gasteiger partial charge >= 0.3 is 17.9 Å². The summed E-state index contributed by atoms with van der Waals surface area (Å²) in [5, 5.41) is 0. The van der Waals surface area contributed by atoms with E-state index in [1.165, 1.54) is 77.0 Å². The molecule has 0 aliphatic heterocycles. The van der Waals surface area contributed by atoms with Crippen molar-refractivity contribution < 1.29 is 28.6 Å². The standard InChI is InChI=1S/C52H88O6/c1-4-7-10-13-16-19-22-24-25-26-27-28-31-33-36-39-42-45-51(54)57-48-49(47-56-50(53)44-41-38-35-32-29-21-18-15-12-9-6-3)58-52(55)46-43-40-37-34-30-23-20-17-14-11-8-5-2/h8-9,11-12,17-18,20-21,24-25,32,35,49H,4-7,10,13-16,19,22-23,26-31,33-34,36-48H2,1-3H3/b11-8-,12-9-,20-17-,21-18-,25-24-,35-32-. The van der Waals surface area contributed by atoms with Crippen molar-refractivity contribution in [1.82, 2.24) is 0 Å². The zero-order valence-electron chi connectivity index (χ0n) is 37.8. The lowest BCUT2D eigenvalue weighted by Crippen LogP contribution is -2.30. The SMILES string of the molecule is CC/C=C\C/C=C\C/C=C\CCCC(=O)OCC(COC(=O)CCCCCCCCC/C=C\CCCCCCCC)OC(=O)CCCCCCC/C=C\C/C=C\CC. The lowest BCUT2D eigenvalue weighted by atomic mass is 10.1. The Morgan fingerprint density at radius 1 is 0.362 bits per heavy atom. The van der Waals surface area contributed by atoms with Gasteiger partial charge in [-0.15, -0.1) is 0 Å². The Labute approximate surface area is 357 Å². The van der Waals surface area contributed by atoms with Crippen LogP contribution in [-0.2, 0) is 28.6 Å². The Balaban J connectivity index is 4.41. The van der Waals surface area contributed by atoms with Crippen molar-refractivity contribution in [1.29, 1.82) is 0 Å². The third kappa shape index (κ3) is 44.0. The molecule has 1 unspecified atom stereocenters. The number of unbranched alkanes of at least 4 members (excludes halogenated alkanes) is 19. The summed E-state index contributed by atoms with van der Waals surface area (Å²) in [6, 6.07) is 0. The molecule has 0 saturated carbocycles. The van der Waals surface area contributed by atoms with Crippen molar-refractivity contribution >= 4 is 17.9 Å². The summed E-state index contributed by atoms with van der Waals surface area (Å²) in [6.07, 6.45) is 57.6. The molecule has 0 N–H and O–H groups in total. The van der Waals surface area contributed by atoms with Crippen molar-refractivity contribution in [3.8, 4) is 0 Å². The molecule has 1 atom stereocenters. The molecule has 58 heavy (non-hydrogen) atoms. The summed E-state index contributed by atoms with van der Waals surface area (Å²) in [6.45, 7) is 6.33. The maximum Gasteiger partial charge on any atom is 0.306 e. The van der Waals surface area contributed by atoms with Crippen LogP contribution in [0.4, 0.5) is 0 Å². The molecule has 332 valence electrons. The molecule has 0 spiro atoms. The van der Waals surface area contributed by atoms with Gasteiger partial charge in [-0.1, -0.05) is 177 Å². The lowest BCUT2D eigenvalue weighted by Gasteiger charge is -2.18. The molecule has 6 heteroatoms. The van der Waals surface area contributed by atoms with Crippen LogP contribution in [0.15, 0.2) is 72.9 Å². The van der Waals surface area contributed by atoms with Crippen molar-refractivity contribution in [2.75, 3.05) is 13.2 Å². The minimum Gasteiger partial charge on any atom is -0.462 e. The molecule has 0 aliphatic rings. The van der Waals surface area contributed by atoms with E-state index in [0.717, 1.165) is 96.3 Å². The fourth-order valence-electron chi connectivity index (χ4n) is 6.38. The van der Waals surface area contributed by atoms with Gasteiger partial charge in [-0.3, -0.25) is 14.4 Å². The van der Waals surface area contributed by atoms with Crippen LogP contribution in [0.3, 0.4) is 0 Å². The van der Waals surface area contributed by atoms with E-state index >= 15 is 0 Å². The predicted octanol–water partition coefficient (Wildman–Crippen LogP) is 15.5. The minimum absolute atomic E-state index is 0.0997. The van der Waals surface area contributed by atoms with E-state index < -0.39 is 6.10 Å². The molecule has 6 nitrogen and oxygen atoms in total. The summed E-state index contributed by atoms with van der Waals surface area (Å²) in [7, 11) is 0. The van der Waals surface area contributed by atoms with E-state index in [-0.39, 0.29) is 37.5 Å². The van der Waals surface area contributed by atoms with Gasteiger partial charge in [-0.2, -0.15) is 0 Å². The van der Waals surface area contributed by atoms with E-state index in [1.807, 2.05) is 0 Å². The van der Waals surface area contributed by atoms with Crippen LogP contribution in [0, 0.1) is 0 Å². The average Bonchev–Trinajstić information content (AvgIpc) is 3.22. The molecular formula is C52H88O6. The third-order valence-electron chi connectivity index (χ3n) is 9.93. The average molecular weight is 809 g/mol. The van der Waals surface area contributed by atoms with E-state index in [1.54, 1.807) is 0 Å². The molecule has 0 aliphatic carbocycles. The number of carbonyl (C=O) groups is 3. The van der Waals surface area contributed by atoms with Crippen LogP contribution in [0.25, 0.3) is 0 Å². The number of allylic oxidation sites excluding steroid dienone is 12. The Morgan fingerprint density at radius 3 is 1.14 bits per heavy atom. The summed E-state index contributed by atoms with van der Waals surface area (Å²) in [5.41, 5.74) is 0. The van der Waals surface area contributed by atoms with Gasteiger partial charge in [0.15, 0.2) is 6.10 Å². The maximum atomic E-state index is 12.7. The molecule has 0 fully saturated rings. The second kappa shape index (κ2) is 46.5. The van der Waals surface area contributed by atoms with Gasteiger partial charge < -0.3 is 14.2 Å². The lowest BCUT2D eigenvalue weighted by molar-refractivity contribution is -0.167. The molecular weight excluding hydrogens is 721 g/mol. The molecule has 0 aromatic rings. The topological polar surface area (TPSA) is 78.9 Å². The summed E-state index contributed by atoms with van der Waals surface area (Å²) in [4.78, 5) is 37.8. The van der Waals surface area contributed by atoms with E-state index in [9.17, 15) is 14.4 Å². The Kier molecular flexibility index (Phi) is 44.0. The normalized spacial score (nSPS) is 12.7. The van der Waals surface area contributed by atoms with Crippen molar-refractivity contribution in [2.24, 2.45) is 0 Å². The van der Waals surface area contributed by atoms with E-state index in [4.69, 9.17) is 14.2 Å². The number of carbonyl (C=O) groups excluding carboxylic acids is 3. The summed E-state index contributed by atoms with van der Waals surface area (Å²) in [5.74, 6) is -0.980. The monoisotopic (exact) mass is 809 g/mol. The first-order valence-corrected chi connectivity index (χ1v) is 23.9. The second-order valence-electron chi connectivity index (χ2n) is 15.6. The highest BCUT2D eigenvalue weighted by Gasteiger charge is 2.19. The number of esters is 3. The third-order valence-corrected chi connectivity index (χ3v) is 9.93. The van der Waals surface area contributed by atoms with E-state index in [2.05, 4.69) is 93.7 Å². The van der Waals surface area contributed by atoms with E-state index in [0.29, 0.717) is 19.3 Å². The number of hydrogen-bond acceptors (Lipinski definition) is 6. The molecule has 0 amide bonds. The first-order valence-electron chi connectivity index (χ1n) is 23.9. The van der Waals surface area contributed by atoms with Crippen LogP contribution in [-0.4, -0.2) is 37.2 Å². The Bertz CT molecular complexity index is 1110. The van der Waals surface area contributed by atoms with Crippen molar-refractivity contribution in [3.05, 3.63) is 72.9 Å². The highest BCUT2D eigenvalue weighted by Crippen LogP contribution is 2.13. The highest BCUT2D eigenvalue weighted by atomic mass is 16.6. The Hall–Kier alpha value is -3.15. The molecule has 0 heterocycles. The van der Waals surface area contributed by atoms with Crippen LogP contribution in [0.5, 0.6) is 0 Å². The summed E-state index contributed by atoms with van der Waals surface area (Å²) < 4.78 is 16.7. The van der Waals surface area contributed by atoms with Crippen LogP contribution >= 0.6 is 0 Å². The molecule has 0 rings (SSSR count). The van der Waals surface area contributed by atoms with Gasteiger partial charge in [-0.25, -0.2) is 0 Å². The molecule has 0 aromatic carbocycles. The zero-order chi connectivity index (χ0) is 42.3. The van der Waals surface area contributed by atoms with Gasteiger partial charge in [-0.05, 0) is 96.3 Å². The fraction of sp³-hybridized carbons (Fsp3) is 0.712. The van der Waals surface area contributed by atoms with Crippen LogP contribution in [0.1, 0.15) is 220 Å². The number of hydrogen-bond donors (Lipinski definition) is 0. The zero-order valence-corrected chi connectivity index (χ0v) is 37.8. The molecule has 0 saturated heterocycles. The van der Waals surface area contributed by atoms with Crippen molar-refractivity contribution in [2.45, 2.75) is 226 Å². The van der Waals surface area contributed by atoms with Gasteiger partial charge in [0.25, 0.3) is 0 Å². The van der Waals surface area contributed by atoms with Crippen molar-refractivity contribution in [3.63, 3.8) is 0 Å². The van der Waals surface area contributed by atoms with Crippen LogP contribution in [0.2, 0.25) is 0 Å². The minimum atomic E-state index is -0.802. The number of ether oxygens (including phenoxy) is 3. The first-order chi connectivity index (χ1) is 28.5. The smallest absolute Gasteiger partial charge is 0.306 e. The molecule has 0 bridgehead atoms. The largest absolute Gasteiger partial charge is 0.462 e. The van der Waals surface area contributed by atoms with Gasteiger partial charge in [0.05, 0.1) is 0 Å². The fourth-order valence-corrected chi connectivity index (χ4v) is 6.38. The highest BCUT2D eigenvalue weighted by molar-refractivity contribution is 5.71.